The molecule has 0 rings (SSSR count). The molecule has 0 aromatic carbocycles. The van der Waals surface area contributed by atoms with Crippen molar-refractivity contribution in [1.29, 1.82) is 5.26 Å². The van der Waals surface area contributed by atoms with Gasteiger partial charge in [0.2, 0.25) is 0 Å². The molecule has 0 spiro atoms. The lowest BCUT2D eigenvalue weighted by Crippen LogP contribution is -2.01. The minimum Gasteiger partial charge on any atom is -0.198 e. The summed E-state index contributed by atoms with van der Waals surface area (Å²) in [5.41, 5.74) is 0. The maximum atomic E-state index is 8.14. The molecule has 0 saturated carbocycles. The third kappa shape index (κ3) is 6.45. The molecule has 0 saturated heterocycles. The van der Waals surface area contributed by atoms with Crippen LogP contribution in [-0.2, 0) is 0 Å². The Bertz CT molecular complexity index is 98.0. The van der Waals surface area contributed by atoms with Gasteiger partial charge in [-0.05, 0) is 13.3 Å². The molecule has 0 bridgehead atoms. The normalized spacial score (nSPS) is 10.8. The van der Waals surface area contributed by atoms with Crippen LogP contribution in [0.1, 0.15) is 19.8 Å². The van der Waals surface area contributed by atoms with Crippen LogP contribution >= 0.6 is 31.9 Å². The average molecular weight is 241 g/mol. The zero-order valence-corrected chi connectivity index (χ0v) is 7.79. The number of rotatable bonds is 2. The van der Waals surface area contributed by atoms with Gasteiger partial charge in [0, 0.05) is 6.42 Å². The Labute approximate surface area is 66.3 Å². The molecule has 0 N–H and O–H groups in total. The van der Waals surface area contributed by atoms with Crippen LogP contribution in [0.15, 0.2) is 0 Å². The summed E-state index contributed by atoms with van der Waals surface area (Å²) in [4.78, 5) is 0. The Balaban J connectivity index is 3.28. The molecule has 3 heteroatoms. The second kappa shape index (κ2) is 3.47. The van der Waals surface area contributed by atoms with Gasteiger partial charge >= 0.3 is 0 Å². The van der Waals surface area contributed by atoms with Crippen molar-refractivity contribution in [3.63, 3.8) is 0 Å². The molecular formula is C5H7Br2N. The molecule has 0 radical (unpaired) electrons. The smallest absolute Gasteiger partial charge is 0.0787 e. The minimum atomic E-state index is -0.0459. The van der Waals surface area contributed by atoms with Crippen LogP contribution < -0.4 is 0 Å². The van der Waals surface area contributed by atoms with Gasteiger partial charge in [-0.15, -0.1) is 0 Å². The Morgan fingerprint density at radius 2 is 2.12 bits per heavy atom. The summed E-state index contributed by atoms with van der Waals surface area (Å²) in [7, 11) is 0. The quantitative estimate of drug-likeness (QED) is 0.682. The Kier molecular flexibility index (Phi) is 3.67. The van der Waals surface area contributed by atoms with Gasteiger partial charge in [0.25, 0.3) is 0 Å². The van der Waals surface area contributed by atoms with Crippen LogP contribution in [0.2, 0.25) is 0 Å². The van der Waals surface area contributed by atoms with Gasteiger partial charge in [-0.2, -0.15) is 5.26 Å². The van der Waals surface area contributed by atoms with Crippen molar-refractivity contribution in [2.24, 2.45) is 0 Å². The van der Waals surface area contributed by atoms with Crippen molar-refractivity contribution in [3.8, 4) is 6.07 Å². The highest BCUT2D eigenvalue weighted by molar-refractivity contribution is 9.25. The van der Waals surface area contributed by atoms with Gasteiger partial charge in [-0.25, -0.2) is 0 Å². The van der Waals surface area contributed by atoms with Crippen LogP contribution in [0.4, 0.5) is 0 Å². The second-order valence-electron chi connectivity index (χ2n) is 1.73. The number of nitrogens with zero attached hydrogens (tertiary/aromatic N) is 1. The summed E-state index contributed by atoms with van der Waals surface area (Å²) >= 11 is 6.69. The third-order valence-electron chi connectivity index (χ3n) is 0.676. The molecule has 0 aliphatic carbocycles. The second-order valence-corrected chi connectivity index (χ2v) is 6.29. The molecule has 1 nitrogen and oxygen atoms in total. The molecule has 0 unspecified atom stereocenters. The van der Waals surface area contributed by atoms with Crippen molar-refractivity contribution < 1.29 is 0 Å². The van der Waals surface area contributed by atoms with Crippen molar-refractivity contribution in [2.75, 3.05) is 0 Å². The lowest BCUT2D eigenvalue weighted by atomic mass is 10.3. The number of nitriles is 1. The lowest BCUT2D eigenvalue weighted by molar-refractivity contribution is 0.816. The van der Waals surface area contributed by atoms with E-state index in [1.165, 1.54) is 0 Å². The molecule has 8 heavy (non-hydrogen) atoms. The van der Waals surface area contributed by atoms with Gasteiger partial charge in [-0.3, -0.25) is 0 Å². The SMILES string of the molecule is CC(Br)(Br)CCC#N. The summed E-state index contributed by atoms with van der Waals surface area (Å²) < 4.78 is -0.0459. The molecule has 0 heterocycles. The van der Waals surface area contributed by atoms with E-state index in [0.717, 1.165) is 6.42 Å². The van der Waals surface area contributed by atoms with Crippen LogP contribution in [0, 0.1) is 11.3 Å². The molecule has 0 aliphatic heterocycles. The summed E-state index contributed by atoms with van der Waals surface area (Å²) in [5, 5.41) is 8.14. The van der Waals surface area contributed by atoms with E-state index < -0.39 is 0 Å². The highest BCUT2D eigenvalue weighted by Crippen LogP contribution is 2.29. The van der Waals surface area contributed by atoms with Gasteiger partial charge in [0.05, 0.1) is 9.30 Å². The van der Waals surface area contributed by atoms with Crippen molar-refractivity contribution in [3.05, 3.63) is 0 Å². The molecule has 0 aliphatic rings. The summed E-state index contributed by atoms with van der Waals surface area (Å²) in [5.74, 6) is 0. The monoisotopic (exact) mass is 239 g/mol. The van der Waals surface area contributed by atoms with Crippen molar-refractivity contribution >= 4 is 31.9 Å². The molecule has 0 fully saturated rings. The summed E-state index contributed by atoms with van der Waals surface area (Å²) in [6, 6.07) is 2.06. The first-order valence-corrected chi connectivity index (χ1v) is 3.89. The van der Waals surface area contributed by atoms with E-state index in [4.69, 9.17) is 5.26 Å². The van der Waals surface area contributed by atoms with Crippen molar-refractivity contribution in [2.45, 2.75) is 23.0 Å². The topological polar surface area (TPSA) is 23.8 Å². The van der Waals surface area contributed by atoms with Crippen LogP contribution in [0.3, 0.4) is 0 Å². The summed E-state index contributed by atoms with van der Waals surface area (Å²) in [6.07, 6.45) is 1.43. The molecule has 0 atom stereocenters. The fraction of sp³-hybridized carbons (Fsp3) is 0.800. The fourth-order valence-corrected chi connectivity index (χ4v) is 0.672. The first-order chi connectivity index (χ1) is 3.56. The summed E-state index contributed by atoms with van der Waals surface area (Å²) in [6.45, 7) is 1.98. The van der Waals surface area contributed by atoms with E-state index >= 15 is 0 Å². The molecule has 0 aromatic heterocycles. The van der Waals surface area contributed by atoms with Crippen LogP contribution in [-0.4, -0.2) is 3.23 Å². The first kappa shape index (κ1) is 8.45. The number of hydrogen-bond acceptors (Lipinski definition) is 1. The van der Waals surface area contributed by atoms with E-state index in [-0.39, 0.29) is 3.23 Å². The van der Waals surface area contributed by atoms with Gasteiger partial charge in [0.1, 0.15) is 0 Å². The van der Waals surface area contributed by atoms with Crippen LogP contribution in [0.25, 0.3) is 0 Å². The largest absolute Gasteiger partial charge is 0.198 e. The van der Waals surface area contributed by atoms with E-state index in [9.17, 15) is 0 Å². The van der Waals surface area contributed by atoms with E-state index in [0.29, 0.717) is 6.42 Å². The first-order valence-electron chi connectivity index (χ1n) is 2.31. The zero-order chi connectivity index (χ0) is 6.62. The molecule has 0 amide bonds. The van der Waals surface area contributed by atoms with Gasteiger partial charge < -0.3 is 0 Å². The van der Waals surface area contributed by atoms with Gasteiger partial charge in [0.15, 0.2) is 0 Å². The Morgan fingerprint density at radius 3 is 2.25 bits per heavy atom. The maximum absolute atomic E-state index is 8.14. The predicted molar refractivity (Wildman–Crippen MR) is 41.1 cm³/mol. The predicted octanol–water partition coefficient (Wildman–Crippen LogP) is 2.80. The van der Waals surface area contributed by atoms with E-state index in [1.807, 2.05) is 6.92 Å². The van der Waals surface area contributed by atoms with Crippen molar-refractivity contribution in [1.82, 2.24) is 0 Å². The maximum Gasteiger partial charge on any atom is 0.0787 e. The van der Waals surface area contributed by atoms with E-state index in [2.05, 4.69) is 37.9 Å². The number of alkyl halides is 2. The average Bonchev–Trinajstić information content (AvgIpc) is 1.59. The van der Waals surface area contributed by atoms with Crippen LogP contribution in [0.5, 0.6) is 0 Å². The number of hydrogen-bond donors (Lipinski definition) is 0. The Morgan fingerprint density at radius 1 is 1.62 bits per heavy atom. The highest BCUT2D eigenvalue weighted by atomic mass is 79.9. The Hall–Kier alpha value is 0.450. The third-order valence-corrected chi connectivity index (χ3v) is 1.47. The molecule has 0 aromatic rings. The van der Waals surface area contributed by atoms with Gasteiger partial charge in [-0.1, -0.05) is 31.9 Å². The molecule has 46 valence electrons. The molecular weight excluding hydrogens is 234 g/mol. The number of halogens is 2. The zero-order valence-electron chi connectivity index (χ0n) is 4.62. The minimum absolute atomic E-state index is 0.0459. The lowest BCUT2D eigenvalue weighted by Gasteiger charge is -2.09. The highest BCUT2D eigenvalue weighted by Gasteiger charge is 2.12. The standard InChI is InChI=1S/C5H7Br2N/c1-5(6,7)3-2-4-8/h2-3H2,1H3. The fourth-order valence-electron chi connectivity index (χ4n) is 0.275. The van der Waals surface area contributed by atoms with E-state index in [1.54, 1.807) is 0 Å².